The molecule has 3 N–H and O–H groups in total. The number of nitrogens with zero attached hydrogens (tertiary/aromatic N) is 1. The van der Waals surface area contributed by atoms with E-state index in [1.807, 2.05) is 48.5 Å². The number of carbonyl (C=O) groups is 1. The van der Waals surface area contributed by atoms with Crippen LogP contribution in [0.3, 0.4) is 0 Å². The minimum Gasteiger partial charge on any atom is -0.492 e. The quantitative estimate of drug-likeness (QED) is 0.477. The molecule has 2 aromatic rings. The first-order valence-corrected chi connectivity index (χ1v) is 9.62. The number of carbonyl (C=O) groups excluding carboxylic acids is 1. The molecule has 0 bridgehead atoms. The number of benzene rings is 2. The van der Waals surface area contributed by atoms with E-state index in [2.05, 4.69) is 36.7 Å². The average molecular weight is 390 g/mol. The Kier molecular flexibility index (Phi) is 11.1. The Morgan fingerprint density at radius 2 is 1.67 bits per heavy atom. The zero-order valence-electron chi connectivity index (χ0n) is 16.4. The number of likely N-dealkylation sites (N-methyl/N-ethyl adjacent to an activating group) is 1. The van der Waals surface area contributed by atoms with Gasteiger partial charge in [-0.05, 0) is 55.1 Å². The van der Waals surface area contributed by atoms with Crippen LogP contribution in [-0.4, -0.2) is 37.0 Å². The Hall–Kier alpha value is -2.18. The molecule has 2 aromatic carbocycles. The molecule has 5 nitrogen and oxygen atoms in total. The Labute approximate surface area is 168 Å². The SMILES string of the molecule is CC(=O)NCc1ccc(S)cc1.CCN(CC)CCOc1ccc(N)cc1. The van der Waals surface area contributed by atoms with Crippen molar-refractivity contribution in [1.82, 2.24) is 10.2 Å². The first kappa shape index (κ1) is 22.9. The highest BCUT2D eigenvalue weighted by atomic mass is 32.1. The number of nitrogen functional groups attached to an aromatic ring is 1. The third-order valence-corrected chi connectivity index (χ3v) is 4.23. The third kappa shape index (κ3) is 10.5. The van der Waals surface area contributed by atoms with Crippen molar-refractivity contribution in [2.75, 3.05) is 32.0 Å². The van der Waals surface area contributed by atoms with Crippen LogP contribution in [0.4, 0.5) is 5.69 Å². The fourth-order valence-corrected chi connectivity index (χ4v) is 2.39. The second kappa shape index (κ2) is 13.1. The zero-order chi connectivity index (χ0) is 20.1. The van der Waals surface area contributed by atoms with Crippen molar-refractivity contribution in [3.8, 4) is 5.75 Å². The number of amides is 1. The molecule has 0 spiro atoms. The lowest BCUT2D eigenvalue weighted by Crippen LogP contribution is -2.27. The summed E-state index contributed by atoms with van der Waals surface area (Å²) in [5.74, 6) is 0.876. The first-order chi connectivity index (χ1) is 12.9. The Morgan fingerprint density at radius 3 is 2.19 bits per heavy atom. The van der Waals surface area contributed by atoms with Crippen molar-refractivity contribution in [2.24, 2.45) is 0 Å². The van der Waals surface area contributed by atoms with Gasteiger partial charge in [0.25, 0.3) is 0 Å². The molecule has 0 atom stereocenters. The summed E-state index contributed by atoms with van der Waals surface area (Å²) in [6.07, 6.45) is 0. The van der Waals surface area contributed by atoms with Gasteiger partial charge in [-0.3, -0.25) is 4.79 Å². The van der Waals surface area contributed by atoms with Gasteiger partial charge in [0.2, 0.25) is 5.91 Å². The van der Waals surface area contributed by atoms with Gasteiger partial charge in [-0.1, -0.05) is 26.0 Å². The van der Waals surface area contributed by atoms with Gasteiger partial charge in [0.1, 0.15) is 12.4 Å². The number of ether oxygens (including phenoxy) is 1. The summed E-state index contributed by atoms with van der Waals surface area (Å²) >= 11 is 4.15. The van der Waals surface area contributed by atoms with Crippen LogP contribution in [0.1, 0.15) is 26.3 Å². The summed E-state index contributed by atoms with van der Waals surface area (Å²) in [6.45, 7) is 10.3. The third-order valence-electron chi connectivity index (χ3n) is 3.93. The second-order valence-corrected chi connectivity index (χ2v) is 6.54. The van der Waals surface area contributed by atoms with Gasteiger partial charge < -0.3 is 20.7 Å². The molecule has 0 aliphatic carbocycles. The van der Waals surface area contributed by atoms with Crippen LogP contribution in [0.15, 0.2) is 53.4 Å². The van der Waals surface area contributed by atoms with Crippen LogP contribution in [-0.2, 0) is 11.3 Å². The van der Waals surface area contributed by atoms with Crippen molar-refractivity contribution in [2.45, 2.75) is 32.2 Å². The molecule has 6 heteroatoms. The van der Waals surface area contributed by atoms with E-state index in [1.165, 1.54) is 6.92 Å². The van der Waals surface area contributed by atoms with Crippen molar-refractivity contribution in [3.63, 3.8) is 0 Å². The van der Waals surface area contributed by atoms with E-state index in [4.69, 9.17) is 10.5 Å². The van der Waals surface area contributed by atoms with Crippen LogP contribution < -0.4 is 15.8 Å². The maximum absolute atomic E-state index is 10.6. The van der Waals surface area contributed by atoms with Gasteiger partial charge in [-0.2, -0.15) is 0 Å². The lowest BCUT2D eigenvalue weighted by atomic mass is 10.2. The molecule has 0 aromatic heterocycles. The first-order valence-electron chi connectivity index (χ1n) is 9.17. The van der Waals surface area contributed by atoms with E-state index in [9.17, 15) is 4.79 Å². The summed E-state index contributed by atoms with van der Waals surface area (Å²) in [7, 11) is 0. The number of nitrogens with two attached hydrogens (primary N) is 1. The van der Waals surface area contributed by atoms with E-state index < -0.39 is 0 Å². The van der Waals surface area contributed by atoms with E-state index in [-0.39, 0.29) is 5.91 Å². The van der Waals surface area contributed by atoms with Gasteiger partial charge in [0, 0.05) is 30.6 Å². The lowest BCUT2D eigenvalue weighted by Gasteiger charge is -2.17. The fourth-order valence-electron chi connectivity index (χ4n) is 2.24. The lowest BCUT2D eigenvalue weighted by molar-refractivity contribution is -0.119. The molecule has 0 unspecified atom stereocenters. The van der Waals surface area contributed by atoms with Gasteiger partial charge in [-0.15, -0.1) is 12.6 Å². The molecule has 1 amide bonds. The Bertz CT molecular complexity index is 656. The molecule has 148 valence electrons. The van der Waals surface area contributed by atoms with Crippen LogP contribution in [0.2, 0.25) is 0 Å². The standard InChI is InChI=1S/C12H20N2O.C9H11NOS/c1-3-14(4-2)9-10-15-12-7-5-11(13)6-8-12;1-7(11)10-6-8-2-4-9(12)5-3-8/h5-8H,3-4,9-10,13H2,1-2H3;2-5,12H,6H2,1H3,(H,10,11). The predicted molar refractivity (Wildman–Crippen MR) is 115 cm³/mol. The van der Waals surface area contributed by atoms with Crippen LogP contribution >= 0.6 is 12.6 Å². The van der Waals surface area contributed by atoms with E-state index in [0.717, 1.165) is 48.1 Å². The van der Waals surface area contributed by atoms with Crippen LogP contribution in [0.5, 0.6) is 5.75 Å². The smallest absolute Gasteiger partial charge is 0.217 e. The van der Waals surface area contributed by atoms with Gasteiger partial charge >= 0.3 is 0 Å². The average Bonchev–Trinajstić information content (AvgIpc) is 2.67. The summed E-state index contributed by atoms with van der Waals surface area (Å²) in [5, 5.41) is 2.72. The van der Waals surface area contributed by atoms with Crippen molar-refractivity contribution >= 4 is 24.2 Å². The topological polar surface area (TPSA) is 67.6 Å². The molecule has 2 rings (SSSR count). The molecule has 0 aliphatic rings. The predicted octanol–water partition coefficient (Wildman–Crippen LogP) is 3.60. The molecule has 0 saturated carbocycles. The minimum absolute atomic E-state index is 0.00931. The molecule has 0 heterocycles. The maximum Gasteiger partial charge on any atom is 0.217 e. The summed E-state index contributed by atoms with van der Waals surface area (Å²) < 4.78 is 5.60. The Morgan fingerprint density at radius 1 is 1.07 bits per heavy atom. The van der Waals surface area contributed by atoms with Crippen molar-refractivity contribution < 1.29 is 9.53 Å². The largest absolute Gasteiger partial charge is 0.492 e. The number of anilines is 1. The Balaban J connectivity index is 0.000000277. The maximum atomic E-state index is 10.6. The van der Waals surface area contributed by atoms with Crippen molar-refractivity contribution in [1.29, 1.82) is 0 Å². The zero-order valence-corrected chi connectivity index (χ0v) is 17.3. The highest BCUT2D eigenvalue weighted by Crippen LogP contribution is 2.12. The normalized spacial score (nSPS) is 10.1. The molecule has 0 aliphatic heterocycles. The highest BCUT2D eigenvalue weighted by molar-refractivity contribution is 7.80. The number of hydrogen-bond donors (Lipinski definition) is 3. The number of nitrogens with one attached hydrogen (secondary N) is 1. The minimum atomic E-state index is -0.00931. The van der Waals surface area contributed by atoms with Crippen LogP contribution in [0, 0.1) is 0 Å². The number of rotatable bonds is 8. The van der Waals surface area contributed by atoms with Gasteiger partial charge in [-0.25, -0.2) is 0 Å². The monoisotopic (exact) mass is 389 g/mol. The summed E-state index contributed by atoms with van der Waals surface area (Å²) in [4.78, 5) is 13.8. The molecule has 0 saturated heterocycles. The van der Waals surface area contributed by atoms with E-state index in [1.54, 1.807) is 0 Å². The summed E-state index contributed by atoms with van der Waals surface area (Å²) in [6, 6.07) is 15.2. The molecule has 0 fully saturated rings. The van der Waals surface area contributed by atoms with Gasteiger partial charge in [0.05, 0.1) is 0 Å². The van der Waals surface area contributed by atoms with Crippen molar-refractivity contribution in [3.05, 3.63) is 54.1 Å². The molecular weight excluding hydrogens is 358 g/mol. The van der Waals surface area contributed by atoms with Gasteiger partial charge in [0.15, 0.2) is 0 Å². The fraction of sp³-hybridized carbons (Fsp3) is 0.381. The van der Waals surface area contributed by atoms with Crippen LogP contribution in [0.25, 0.3) is 0 Å². The van der Waals surface area contributed by atoms with E-state index >= 15 is 0 Å². The molecule has 27 heavy (non-hydrogen) atoms. The number of thiol groups is 1. The summed E-state index contributed by atoms with van der Waals surface area (Å²) in [5.41, 5.74) is 7.44. The number of hydrogen-bond acceptors (Lipinski definition) is 5. The van der Waals surface area contributed by atoms with E-state index in [0.29, 0.717) is 6.54 Å². The highest BCUT2D eigenvalue weighted by Gasteiger charge is 1.99. The molecule has 0 radical (unpaired) electrons. The second-order valence-electron chi connectivity index (χ2n) is 6.02. The molecular formula is C21H31N3O2S.